The number of methoxy groups -OCH3 is 1. The number of hydrogen-bond donors (Lipinski definition) is 0. The van der Waals surface area contributed by atoms with Gasteiger partial charge in [-0.05, 0) is 35.4 Å². The van der Waals surface area contributed by atoms with Crippen molar-refractivity contribution in [2.45, 2.75) is 19.3 Å². The van der Waals surface area contributed by atoms with E-state index in [2.05, 4.69) is 24.3 Å². The molecule has 4 rings (SSSR count). The first-order valence-corrected chi connectivity index (χ1v) is 7.60. The zero-order valence-electron chi connectivity index (χ0n) is 12.5. The molecule has 112 valence electrons. The van der Waals surface area contributed by atoms with Crippen molar-refractivity contribution < 1.29 is 14.3 Å². The van der Waals surface area contributed by atoms with E-state index in [4.69, 9.17) is 4.74 Å². The van der Waals surface area contributed by atoms with Crippen molar-refractivity contribution >= 4 is 28.3 Å². The van der Waals surface area contributed by atoms with Gasteiger partial charge in [-0.1, -0.05) is 24.3 Å². The van der Waals surface area contributed by atoms with Crippen LogP contribution in [0.5, 0.6) is 0 Å². The lowest BCUT2D eigenvalue weighted by atomic mass is 10.0. The van der Waals surface area contributed by atoms with Gasteiger partial charge < -0.3 is 9.64 Å². The molecule has 22 heavy (non-hydrogen) atoms. The largest absolute Gasteiger partial charge is 0.469 e. The summed E-state index contributed by atoms with van der Waals surface area (Å²) in [6, 6.07) is 10.4. The van der Waals surface area contributed by atoms with Gasteiger partial charge in [-0.15, -0.1) is 0 Å². The number of carbonyl (C=O) groups is 2. The molecule has 1 amide bonds. The van der Waals surface area contributed by atoms with Gasteiger partial charge in [0.1, 0.15) is 0 Å². The van der Waals surface area contributed by atoms with Crippen LogP contribution in [0.25, 0.3) is 10.8 Å². The molecule has 1 fully saturated rings. The molecule has 2 aromatic rings. The summed E-state index contributed by atoms with van der Waals surface area (Å²) in [6.07, 6.45) is 2.36. The first-order chi connectivity index (χ1) is 10.7. The number of anilines is 1. The van der Waals surface area contributed by atoms with Crippen LogP contribution in [0.4, 0.5) is 5.69 Å². The van der Waals surface area contributed by atoms with Crippen LogP contribution in [0.1, 0.15) is 17.5 Å². The maximum Gasteiger partial charge on any atom is 0.311 e. The van der Waals surface area contributed by atoms with Crippen molar-refractivity contribution in [1.29, 1.82) is 0 Å². The molecule has 0 saturated carbocycles. The fraction of sp³-hybridized carbons (Fsp3) is 0.333. The number of amides is 1. The third-order valence-corrected chi connectivity index (χ3v) is 4.80. The first kappa shape index (κ1) is 13.3. The third-order valence-electron chi connectivity index (χ3n) is 4.80. The lowest BCUT2D eigenvalue weighted by Gasteiger charge is -2.19. The molecule has 1 saturated heterocycles. The fourth-order valence-corrected chi connectivity index (χ4v) is 3.73. The summed E-state index contributed by atoms with van der Waals surface area (Å²) in [5, 5.41) is 2.40. The Bertz CT molecular complexity index is 786. The summed E-state index contributed by atoms with van der Waals surface area (Å²) in [4.78, 5) is 25.8. The van der Waals surface area contributed by atoms with Crippen LogP contribution in [-0.4, -0.2) is 25.5 Å². The summed E-state index contributed by atoms with van der Waals surface area (Å²) >= 11 is 0. The minimum atomic E-state index is -0.361. The predicted octanol–water partition coefficient (Wildman–Crippen LogP) is 2.46. The van der Waals surface area contributed by atoms with Crippen molar-refractivity contribution in [3.05, 3.63) is 41.5 Å². The zero-order chi connectivity index (χ0) is 15.3. The molecule has 1 aliphatic heterocycles. The molecule has 4 heteroatoms. The molecule has 0 bridgehead atoms. The van der Waals surface area contributed by atoms with Gasteiger partial charge in [-0.25, -0.2) is 0 Å². The molecule has 0 N–H and O–H groups in total. The second-order valence-electron chi connectivity index (χ2n) is 6.01. The average molecular weight is 295 g/mol. The Kier molecular flexibility index (Phi) is 2.93. The minimum Gasteiger partial charge on any atom is -0.469 e. The van der Waals surface area contributed by atoms with Gasteiger partial charge >= 0.3 is 5.97 Å². The predicted molar refractivity (Wildman–Crippen MR) is 83.8 cm³/mol. The SMILES string of the molecule is COC(=O)[C@@H]1CC(=O)N(c2ccc3c4c(cccc24)CC3)C1. The van der Waals surface area contributed by atoms with Gasteiger partial charge in [0.15, 0.2) is 0 Å². The summed E-state index contributed by atoms with van der Waals surface area (Å²) < 4.78 is 4.78. The molecule has 4 nitrogen and oxygen atoms in total. The summed E-state index contributed by atoms with van der Waals surface area (Å²) in [5.41, 5.74) is 3.62. The van der Waals surface area contributed by atoms with Gasteiger partial charge in [0.2, 0.25) is 5.91 Å². The Morgan fingerprint density at radius 2 is 1.95 bits per heavy atom. The highest BCUT2D eigenvalue weighted by molar-refractivity contribution is 6.08. The molecule has 0 unspecified atom stereocenters. The van der Waals surface area contributed by atoms with Crippen LogP contribution in [0, 0.1) is 5.92 Å². The molecular formula is C18H17NO3. The zero-order valence-corrected chi connectivity index (χ0v) is 12.5. The van der Waals surface area contributed by atoms with E-state index in [-0.39, 0.29) is 24.2 Å². The summed E-state index contributed by atoms with van der Waals surface area (Å²) in [7, 11) is 1.37. The maximum atomic E-state index is 12.4. The molecule has 0 spiro atoms. The number of esters is 1. The minimum absolute atomic E-state index is 0.00546. The van der Waals surface area contributed by atoms with E-state index in [0.717, 1.165) is 23.9 Å². The van der Waals surface area contributed by atoms with E-state index in [1.54, 1.807) is 4.90 Å². The van der Waals surface area contributed by atoms with Gasteiger partial charge in [0.05, 0.1) is 18.7 Å². The number of ether oxygens (including phenoxy) is 1. The van der Waals surface area contributed by atoms with Crippen LogP contribution in [0.3, 0.4) is 0 Å². The highest BCUT2D eigenvalue weighted by Crippen LogP contribution is 2.38. The van der Waals surface area contributed by atoms with Crippen molar-refractivity contribution in [2.75, 3.05) is 18.6 Å². The number of benzene rings is 2. The number of aryl methyl sites for hydroxylation is 2. The number of carbonyl (C=O) groups excluding carboxylic acids is 2. The van der Waals surface area contributed by atoms with Crippen LogP contribution in [0.15, 0.2) is 30.3 Å². The Morgan fingerprint density at radius 3 is 2.73 bits per heavy atom. The van der Waals surface area contributed by atoms with Crippen LogP contribution in [0.2, 0.25) is 0 Å². The first-order valence-electron chi connectivity index (χ1n) is 7.60. The molecule has 1 aliphatic carbocycles. The van der Waals surface area contributed by atoms with Gasteiger partial charge in [0.25, 0.3) is 0 Å². The van der Waals surface area contributed by atoms with E-state index < -0.39 is 0 Å². The van der Waals surface area contributed by atoms with Crippen molar-refractivity contribution in [1.82, 2.24) is 0 Å². The molecule has 2 aliphatic rings. The number of nitrogens with zero attached hydrogens (tertiary/aromatic N) is 1. The van der Waals surface area contributed by atoms with Crippen LogP contribution in [-0.2, 0) is 27.2 Å². The number of rotatable bonds is 2. The lowest BCUT2D eigenvalue weighted by molar-refractivity contribution is -0.145. The molecular weight excluding hydrogens is 278 g/mol. The highest BCUT2D eigenvalue weighted by atomic mass is 16.5. The van der Waals surface area contributed by atoms with Crippen molar-refractivity contribution in [3.63, 3.8) is 0 Å². The van der Waals surface area contributed by atoms with E-state index in [1.807, 2.05) is 6.07 Å². The normalized spacial score (nSPS) is 20.0. The standard InChI is InChI=1S/C18H17NO3/c1-22-18(21)13-9-16(20)19(10-13)15-8-7-12-6-5-11-3-2-4-14(15)17(11)12/h2-4,7-8,13H,5-6,9-10H2,1H3/t13-/m1/s1. The molecule has 1 atom stereocenters. The smallest absolute Gasteiger partial charge is 0.311 e. The average Bonchev–Trinajstić information content (AvgIpc) is 3.13. The Hall–Kier alpha value is -2.36. The topological polar surface area (TPSA) is 46.6 Å². The quantitative estimate of drug-likeness (QED) is 0.800. The highest BCUT2D eigenvalue weighted by Gasteiger charge is 2.36. The molecule has 0 aromatic heterocycles. The maximum absolute atomic E-state index is 12.4. The summed E-state index contributed by atoms with van der Waals surface area (Å²) in [6.45, 7) is 0.407. The second-order valence-corrected chi connectivity index (χ2v) is 6.01. The summed E-state index contributed by atoms with van der Waals surface area (Å²) in [5.74, 6) is -0.670. The van der Waals surface area contributed by atoms with Crippen molar-refractivity contribution in [3.8, 4) is 0 Å². The monoisotopic (exact) mass is 295 g/mol. The van der Waals surface area contributed by atoms with E-state index in [0.29, 0.717) is 6.54 Å². The Morgan fingerprint density at radius 1 is 1.18 bits per heavy atom. The van der Waals surface area contributed by atoms with E-state index in [9.17, 15) is 9.59 Å². The van der Waals surface area contributed by atoms with Crippen LogP contribution < -0.4 is 4.90 Å². The third kappa shape index (κ3) is 1.83. The fourth-order valence-electron chi connectivity index (χ4n) is 3.73. The van der Waals surface area contributed by atoms with Gasteiger partial charge in [-0.3, -0.25) is 9.59 Å². The Labute approximate surface area is 128 Å². The molecule has 2 aromatic carbocycles. The molecule has 0 radical (unpaired) electrons. The van der Waals surface area contributed by atoms with Crippen LogP contribution >= 0.6 is 0 Å². The van der Waals surface area contributed by atoms with Crippen molar-refractivity contribution in [2.24, 2.45) is 5.92 Å². The number of hydrogen-bond acceptors (Lipinski definition) is 3. The lowest BCUT2D eigenvalue weighted by Crippen LogP contribution is -2.26. The van der Waals surface area contributed by atoms with E-state index in [1.165, 1.54) is 23.6 Å². The van der Waals surface area contributed by atoms with Gasteiger partial charge in [-0.2, -0.15) is 0 Å². The second kappa shape index (κ2) is 4.83. The van der Waals surface area contributed by atoms with Gasteiger partial charge in [0, 0.05) is 18.4 Å². The Balaban J connectivity index is 1.80. The molecule has 1 heterocycles. The van der Waals surface area contributed by atoms with E-state index >= 15 is 0 Å².